The average molecular weight is 360 g/mol. The maximum absolute atomic E-state index is 12.2. The van der Waals surface area contributed by atoms with Crippen molar-refractivity contribution in [3.8, 4) is 0 Å². The molecule has 7 nitrogen and oxygen atoms in total. The zero-order valence-electron chi connectivity index (χ0n) is 13.9. The highest BCUT2D eigenvalue weighted by Crippen LogP contribution is 2.22. The Bertz CT molecular complexity index is 838. The van der Waals surface area contributed by atoms with E-state index in [2.05, 4.69) is 20.2 Å². The number of hydrogen-bond acceptors (Lipinski definition) is 6. The van der Waals surface area contributed by atoms with Crippen LogP contribution in [0.15, 0.2) is 47.8 Å². The molecule has 1 N–H and O–H groups in total. The van der Waals surface area contributed by atoms with E-state index in [0.29, 0.717) is 17.1 Å². The van der Waals surface area contributed by atoms with Gasteiger partial charge < -0.3 is 10.2 Å². The van der Waals surface area contributed by atoms with Gasteiger partial charge in [0.05, 0.1) is 4.90 Å². The maximum Gasteiger partial charge on any atom is 0.270 e. The number of carbonyl (C=O) groups excluding carboxylic acids is 1. The predicted molar refractivity (Wildman–Crippen MR) is 94.3 cm³/mol. The minimum Gasteiger partial charge on any atom is -0.369 e. The molecule has 1 atom stereocenters. The van der Waals surface area contributed by atoms with Gasteiger partial charge in [0.25, 0.3) is 5.91 Å². The summed E-state index contributed by atoms with van der Waals surface area (Å²) in [7, 11) is -3.20. The Morgan fingerprint density at radius 2 is 2.00 bits per heavy atom. The number of piperidine rings is 1. The molecule has 2 heterocycles. The fourth-order valence-electron chi connectivity index (χ4n) is 2.92. The number of nitrogens with one attached hydrogen (secondary N) is 1. The zero-order chi connectivity index (χ0) is 17.9. The Labute approximate surface area is 147 Å². The van der Waals surface area contributed by atoms with Gasteiger partial charge in [-0.05, 0) is 43.2 Å². The molecular formula is C17H20N4O3S. The summed E-state index contributed by atoms with van der Waals surface area (Å²) in [4.78, 5) is 22.5. The first-order valence-corrected chi connectivity index (χ1v) is 9.94. The van der Waals surface area contributed by atoms with E-state index in [4.69, 9.17) is 0 Å². The van der Waals surface area contributed by atoms with Gasteiger partial charge in [0.15, 0.2) is 9.84 Å². The van der Waals surface area contributed by atoms with Crippen LogP contribution >= 0.6 is 0 Å². The van der Waals surface area contributed by atoms with Crippen LogP contribution in [-0.2, 0) is 9.84 Å². The van der Waals surface area contributed by atoms with Crippen molar-refractivity contribution in [3.63, 3.8) is 0 Å². The molecule has 25 heavy (non-hydrogen) atoms. The number of benzene rings is 1. The molecule has 1 aliphatic heterocycles. The van der Waals surface area contributed by atoms with Crippen molar-refractivity contribution in [1.82, 2.24) is 15.3 Å². The topological polar surface area (TPSA) is 92.3 Å². The first kappa shape index (κ1) is 17.3. The van der Waals surface area contributed by atoms with Crippen molar-refractivity contribution in [3.05, 3.63) is 48.5 Å². The summed E-state index contributed by atoms with van der Waals surface area (Å²) in [5.74, 6) is -0.207. The van der Waals surface area contributed by atoms with Gasteiger partial charge in [-0.3, -0.25) is 4.79 Å². The third kappa shape index (κ3) is 4.33. The molecule has 0 spiro atoms. The van der Waals surface area contributed by atoms with Crippen molar-refractivity contribution >= 4 is 21.4 Å². The predicted octanol–water partition coefficient (Wildman–Crippen LogP) is 1.28. The molecule has 0 saturated carbocycles. The number of carbonyl (C=O) groups is 1. The molecule has 1 saturated heterocycles. The second-order valence-corrected chi connectivity index (χ2v) is 8.14. The van der Waals surface area contributed by atoms with Crippen LogP contribution in [0.5, 0.6) is 0 Å². The number of aromatic nitrogens is 2. The SMILES string of the molecule is CS(=O)(=O)c1ccc(N2CCCC(NC(=O)c3ccncn3)C2)cc1. The summed E-state index contributed by atoms with van der Waals surface area (Å²) in [5, 5.41) is 3.00. The summed E-state index contributed by atoms with van der Waals surface area (Å²) < 4.78 is 23.1. The van der Waals surface area contributed by atoms with Crippen LogP contribution in [0.3, 0.4) is 0 Å². The van der Waals surface area contributed by atoms with Crippen LogP contribution < -0.4 is 10.2 Å². The molecule has 1 aliphatic rings. The molecule has 1 unspecified atom stereocenters. The normalized spacial score (nSPS) is 18.0. The zero-order valence-corrected chi connectivity index (χ0v) is 14.7. The third-order valence-electron chi connectivity index (χ3n) is 4.20. The lowest BCUT2D eigenvalue weighted by atomic mass is 10.0. The molecule has 2 aromatic rings. The monoisotopic (exact) mass is 360 g/mol. The molecule has 1 amide bonds. The van der Waals surface area contributed by atoms with Crippen molar-refractivity contribution in [2.24, 2.45) is 0 Å². The lowest BCUT2D eigenvalue weighted by Crippen LogP contribution is -2.48. The summed E-state index contributed by atoms with van der Waals surface area (Å²) in [6.07, 6.45) is 5.93. The molecule has 0 radical (unpaired) electrons. The van der Waals surface area contributed by atoms with Crippen LogP contribution in [-0.4, -0.2) is 49.7 Å². The number of rotatable bonds is 4. The molecule has 3 rings (SSSR count). The van der Waals surface area contributed by atoms with Crippen LogP contribution in [0, 0.1) is 0 Å². The Morgan fingerprint density at radius 1 is 1.24 bits per heavy atom. The number of anilines is 1. The van der Waals surface area contributed by atoms with Gasteiger partial charge in [0, 0.05) is 37.3 Å². The highest BCUT2D eigenvalue weighted by Gasteiger charge is 2.22. The Morgan fingerprint density at radius 3 is 2.64 bits per heavy atom. The van der Waals surface area contributed by atoms with E-state index in [9.17, 15) is 13.2 Å². The molecular weight excluding hydrogens is 340 g/mol. The quantitative estimate of drug-likeness (QED) is 0.883. The Hall–Kier alpha value is -2.48. The molecule has 1 fully saturated rings. The van der Waals surface area contributed by atoms with Crippen LogP contribution in [0.4, 0.5) is 5.69 Å². The minimum atomic E-state index is -3.20. The fourth-order valence-corrected chi connectivity index (χ4v) is 3.55. The second-order valence-electron chi connectivity index (χ2n) is 6.12. The maximum atomic E-state index is 12.2. The average Bonchev–Trinajstić information content (AvgIpc) is 2.62. The summed E-state index contributed by atoms with van der Waals surface area (Å²) >= 11 is 0. The van der Waals surface area contributed by atoms with Gasteiger partial charge in [-0.2, -0.15) is 0 Å². The number of nitrogens with zero attached hydrogens (tertiary/aromatic N) is 3. The minimum absolute atomic E-state index is 0.0193. The Balaban J connectivity index is 1.66. The van der Waals surface area contributed by atoms with E-state index < -0.39 is 9.84 Å². The van der Waals surface area contributed by atoms with Crippen molar-refractivity contribution in [2.45, 2.75) is 23.8 Å². The molecule has 1 aromatic carbocycles. The third-order valence-corrected chi connectivity index (χ3v) is 5.33. The fraction of sp³-hybridized carbons (Fsp3) is 0.353. The van der Waals surface area contributed by atoms with Gasteiger partial charge in [0.2, 0.25) is 0 Å². The number of amides is 1. The molecule has 8 heteroatoms. The molecule has 0 bridgehead atoms. The Kier molecular flexibility index (Phi) is 4.98. The van der Waals surface area contributed by atoms with Gasteiger partial charge in [-0.1, -0.05) is 0 Å². The lowest BCUT2D eigenvalue weighted by molar-refractivity contribution is 0.0928. The van der Waals surface area contributed by atoms with Gasteiger partial charge >= 0.3 is 0 Å². The van der Waals surface area contributed by atoms with E-state index in [1.165, 1.54) is 12.6 Å². The number of hydrogen-bond donors (Lipinski definition) is 1. The van der Waals surface area contributed by atoms with E-state index in [1.54, 1.807) is 24.4 Å². The smallest absolute Gasteiger partial charge is 0.270 e. The summed E-state index contributed by atoms with van der Waals surface area (Å²) in [6, 6.07) is 8.46. The summed E-state index contributed by atoms with van der Waals surface area (Å²) in [6.45, 7) is 1.55. The van der Waals surface area contributed by atoms with Crippen LogP contribution in [0.1, 0.15) is 23.3 Å². The van der Waals surface area contributed by atoms with E-state index >= 15 is 0 Å². The van der Waals surface area contributed by atoms with E-state index in [0.717, 1.165) is 25.1 Å². The first-order chi connectivity index (χ1) is 11.9. The van der Waals surface area contributed by atoms with Crippen LogP contribution in [0.25, 0.3) is 0 Å². The van der Waals surface area contributed by atoms with E-state index in [1.807, 2.05) is 12.1 Å². The highest BCUT2D eigenvalue weighted by atomic mass is 32.2. The number of sulfone groups is 1. The van der Waals surface area contributed by atoms with Crippen molar-refractivity contribution in [1.29, 1.82) is 0 Å². The molecule has 0 aliphatic carbocycles. The van der Waals surface area contributed by atoms with Crippen molar-refractivity contribution < 1.29 is 13.2 Å². The largest absolute Gasteiger partial charge is 0.369 e. The standard InChI is InChI=1S/C17H20N4O3S/c1-25(23,24)15-6-4-14(5-7-15)21-10-2-3-13(11-21)20-17(22)16-8-9-18-12-19-16/h4-9,12-13H,2-3,10-11H2,1H3,(H,20,22). The van der Waals surface area contributed by atoms with Crippen molar-refractivity contribution in [2.75, 3.05) is 24.2 Å². The lowest BCUT2D eigenvalue weighted by Gasteiger charge is -2.34. The summed E-state index contributed by atoms with van der Waals surface area (Å²) in [5.41, 5.74) is 1.30. The van der Waals surface area contributed by atoms with Gasteiger partial charge in [0.1, 0.15) is 12.0 Å². The molecule has 132 valence electrons. The van der Waals surface area contributed by atoms with Gasteiger partial charge in [-0.25, -0.2) is 18.4 Å². The first-order valence-electron chi connectivity index (χ1n) is 8.05. The van der Waals surface area contributed by atoms with E-state index in [-0.39, 0.29) is 11.9 Å². The van der Waals surface area contributed by atoms with Gasteiger partial charge in [-0.15, -0.1) is 0 Å². The second kappa shape index (κ2) is 7.18. The molecule has 1 aromatic heterocycles. The highest BCUT2D eigenvalue weighted by molar-refractivity contribution is 7.90. The van der Waals surface area contributed by atoms with Crippen LogP contribution in [0.2, 0.25) is 0 Å².